The SMILES string of the molecule is O=C(NCC1CCCS1)C1CC2CCC1N2. The monoisotopic (exact) mass is 240 g/mol. The van der Waals surface area contributed by atoms with Crippen LogP contribution in [0, 0.1) is 5.92 Å². The van der Waals surface area contributed by atoms with E-state index in [1.807, 2.05) is 11.8 Å². The summed E-state index contributed by atoms with van der Waals surface area (Å²) in [7, 11) is 0. The molecule has 0 aliphatic carbocycles. The molecule has 2 bridgehead atoms. The third kappa shape index (κ3) is 2.09. The van der Waals surface area contributed by atoms with Crippen LogP contribution in [0.15, 0.2) is 0 Å². The molecule has 0 spiro atoms. The van der Waals surface area contributed by atoms with Crippen LogP contribution in [0.25, 0.3) is 0 Å². The molecule has 3 aliphatic rings. The number of amides is 1. The van der Waals surface area contributed by atoms with E-state index in [1.165, 1.54) is 31.4 Å². The summed E-state index contributed by atoms with van der Waals surface area (Å²) >= 11 is 2.01. The quantitative estimate of drug-likeness (QED) is 0.777. The smallest absolute Gasteiger partial charge is 0.224 e. The van der Waals surface area contributed by atoms with E-state index < -0.39 is 0 Å². The van der Waals surface area contributed by atoms with Gasteiger partial charge in [-0.25, -0.2) is 0 Å². The molecule has 4 atom stereocenters. The summed E-state index contributed by atoms with van der Waals surface area (Å²) in [5.41, 5.74) is 0. The Kier molecular flexibility index (Phi) is 3.11. The van der Waals surface area contributed by atoms with Crippen molar-refractivity contribution in [1.29, 1.82) is 0 Å². The van der Waals surface area contributed by atoms with Crippen molar-refractivity contribution in [2.75, 3.05) is 12.3 Å². The van der Waals surface area contributed by atoms with E-state index in [4.69, 9.17) is 0 Å². The molecule has 2 N–H and O–H groups in total. The summed E-state index contributed by atoms with van der Waals surface area (Å²) in [6.07, 6.45) is 6.13. The third-order valence-electron chi connectivity index (χ3n) is 4.16. The van der Waals surface area contributed by atoms with Gasteiger partial charge in [0.2, 0.25) is 5.91 Å². The van der Waals surface area contributed by atoms with Gasteiger partial charge in [0.15, 0.2) is 0 Å². The molecule has 0 aromatic carbocycles. The molecule has 3 fully saturated rings. The minimum atomic E-state index is 0.255. The number of fused-ring (bicyclic) bond motifs is 2. The van der Waals surface area contributed by atoms with E-state index in [0.717, 1.165) is 13.0 Å². The molecule has 16 heavy (non-hydrogen) atoms. The zero-order valence-corrected chi connectivity index (χ0v) is 10.4. The predicted molar refractivity (Wildman–Crippen MR) is 66.5 cm³/mol. The second kappa shape index (κ2) is 4.57. The second-order valence-electron chi connectivity index (χ2n) is 5.27. The van der Waals surface area contributed by atoms with Gasteiger partial charge in [0.05, 0.1) is 5.92 Å². The van der Waals surface area contributed by atoms with Gasteiger partial charge in [-0.1, -0.05) is 0 Å². The van der Waals surface area contributed by atoms with E-state index in [1.54, 1.807) is 0 Å². The average molecular weight is 240 g/mol. The Morgan fingerprint density at radius 3 is 2.94 bits per heavy atom. The number of carbonyl (C=O) groups excluding carboxylic acids is 1. The molecule has 0 aromatic heterocycles. The van der Waals surface area contributed by atoms with Crippen LogP contribution in [0.5, 0.6) is 0 Å². The maximum Gasteiger partial charge on any atom is 0.224 e. The Morgan fingerprint density at radius 2 is 2.31 bits per heavy atom. The van der Waals surface area contributed by atoms with Gasteiger partial charge in [0.25, 0.3) is 0 Å². The molecule has 3 saturated heterocycles. The van der Waals surface area contributed by atoms with Gasteiger partial charge in [0, 0.05) is 23.9 Å². The first-order valence-corrected chi connectivity index (χ1v) is 7.53. The molecular formula is C12H20N2OS. The van der Waals surface area contributed by atoms with Crippen LogP contribution in [-0.2, 0) is 4.79 Å². The van der Waals surface area contributed by atoms with Crippen molar-refractivity contribution >= 4 is 17.7 Å². The number of thioether (sulfide) groups is 1. The molecule has 3 nitrogen and oxygen atoms in total. The van der Waals surface area contributed by atoms with E-state index >= 15 is 0 Å². The fourth-order valence-electron chi connectivity index (χ4n) is 3.26. The molecule has 4 heteroatoms. The lowest BCUT2D eigenvalue weighted by molar-refractivity contribution is -0.125. The summed E-state index contributed by atoms with van der Waals surface area (Å²) in [6.45, 7) is 0.886. The van der Waals surface area contributed by atoms with Crippen molar-refractivity contribution < 1.29 is 4.79 Å². The van der Waals surface area contributed by atoms with Crippen molar-refractivity contribution in [3.8, 4) is 0 Å². The molecule has 4 unspecified atom stereocenters. The van der Waals surface area contributed by atoms with Crippen molar-refractivity contribution in [2.24, 2.45) is 5.92 Å². The van der Waals surface area contributed by atoms with E-state index in [9.17, 15) is 4.79 Å². The summed E-state index contributed by atoms with van der Waals surface area (Å²) in [6, 6.07) is 1.10. The second-order valence-corrected chi connectivity index (χ2v) is 6.68. The van der Waals surface area contributed by atoms with Crippen LogP contribution in [0.2, 0.25) is 0 Å². The summed E-state index contributed by atoms with van der Waals surface area (Å²) in [5.74, 6) is 1.83. The normalized spacial score (nSPS) is 41.5. The number of hydrogen-bond donors (Lipinski definition) is 2. The molecule has 1 amide bonds. The van der Waals surface area contributed by atoms with Crippen LogP contribution in [0.4, 0.5) is 0 Å². The van der Waals surface area contributed by atoms with Gasteiger partial charge in [-0.05, 0) is 37.9 Å². The van der Waals surface area contributed by atoms with Crippen LogP contribution in [0.1, 0.15) is 32.1 Å². The van der Waals surface area contributed by atoms with E-state index in [0.29, 0.717) is 23.2 Å². The Labute approximate surface area is 101 Å². The highest BCUT2D eigenvalue weighted by Gasteiger charge is 2.42. The fourth-order valence-corrected chi connectivity index (χ4v) is 4.47. The molecule has 0 aromatic rings. The van der Waals surface area contributed by atoms with Gasteiger partial charge in [0.1, 0.15) is 0 Å². The van der Waals surface area contributed by atoms with Crippen LogP contribution >= 0.6 is 11.8 Å². The molecule has 3 heterocycles. The van der Waals surface area contributed by atoms with Crippen LogP contribution < -0.4 is 10.6 Å². The largest absolute Gasteiger partial charge is 0.355 e. The maximum atomic E-state index is 12.0. The van der Waals surface area contributed by atoms with Gasteiger partial charge >= 0.3 is 0 Å². The summed E-state index contributed by atoms with van der Waals surface area (Å²) in [5, 5.41) is 7.35. The highest BCUT2D eigenvalue weighted by atomic mass is 32.2. The van der Waals surface area contributed by atoms with Crippen molar-refractivity contribution in [3.05, 3.63) is 0 Å². The first kappa shape index (κ1) is 10.9. The Hall–Kier alpha value is -0.220. The minimum Gasteiger partial charge on any atom is -0.355 e. The van der Waals surface area contributed by atoms with E-state index in [-0.39, 0.29) is 5.92 Å². The lowest BCUT2D eigenvalue weighted by Gasteiger charge is -2.20. The molecule has 0 saturated carbocycles. The minimum absolute atomic E-state index is 0.255. The van der Waals surface area contributed by atoms with Gasteiger partial charge in [-0.15, -0.1) is 0 Å². The van der Waals surface area contributed by atoms with E-state index in [2.05, 4.69) is 10.6 Å². The molecule has 0 radical (unpaired) electrons. The van der Waals surface area contributed by atoms with Crippen molar-refractivity contribution in [3.63, 3.8) is 0 Å². The molecule has 3 aliphatic heterocycles. The first-order valence-electron chi connectivity index (χ1n) is 6.48. The predicted octanol–water partition coefficient (Wildman–Crippen LogP) is 1.14. The highest BCUT2D eigenvalue weighted by Crippen LogP contribution is 2.33. The maximum absolute atomic E-state index is 12.0. The topological polar surface area (TPSA) is 41.1 Å². The molecule has 90 valence electrons. The Morgan fingerprint density at radius 1 is 1.38 bits per heavy atom. The lowest BCUT2D eigenvalue weighted by Crippen LogP contribution is -2.39. The number of nitrogens with one attached hydrogen (secondary N) is 2. The first-order chi connectivity index (χ1) is 7.83. The fraction of sp³-hybridized carbons (Fsp3) is 0.917. The number of hydrogen-bond acceptors (Lipinski definition) is 3. The van der Waals surface area contributed by atoms with Gasteiger partial charge in [-0.3, -0.25) is 4.79 Å². The summed E-state index contributed by atoms with van der Waals surface area (Å²) in [4.78, 5) is 12.0. The van der Waals surface area contributed by atoms with Crippen molar-refractivity contribution in [1.82, 2.24) is 10.6 Å². The average Bonchev–Trinajstić information content (AvgIpc) is 3.01. The van der Waals surface area contributed by atoms with Crippen LogP contribution in [-0.4, -0.2) is 35.5 Å². The Bertz CT molecular complexity index is 278. The van der Waals surface area contributed by atoms with Gasteiger partial charge in [-0.2, -0.15) is 11.8 Å². The third-order valence-corrected chi connectivity index (χ3v) is 5.56. The summed E-state index contributed by atoms with van der Waals surface area (Å²) < 4.78 is 0. The molecule has 3 rings (SSSR count). The zero-order chi connectivity index (χ0) is 11.0. The molecular weight excluding hydrogens is 220 g/mol. The van der Waals surface area contributed by atoms with Crippen LogP contribution in [0.3, 0.4) is 0 Å². The van der Waals surface area contributed by atoms with Gasteiger partial charge < -0.3 is 10.6 Å². The highest BCUT2D eigenvalue weighted by molar-refractivity contribution is 8.00. The van der Waals surface area contributed by atoms with Crippen molar-refractivity contribution in [2.45, 2.75) is 49.4 Å². The zero-order valence-electron chi connectivity index (χ0n) is 9.58. The standard InChI is InChI=1S/C12H20N2OS/c15-12(13-7-9-2-1-5-16-9)10-6-8-3-4-11(10)14-8/h8-11,14H,1-7H2,(H,13,15). The lowest BCUT2D eigenvalue weighted by atomic mass is 9.88. The Balaban J connectivity index is 1.46. The number of carbonyl (C=O) groups is 1. The number of rotatable bonds is 3.